The number of rotatable bonds is 2. The molecule has 174 valence electrons. The summed E-state index contributed by atoms with van der Waals surface area (Å²) >= 11 is 0. The normalized spacial score (nSPS) is 48.7. The highest BCUT2D eigenvalue weighted by molar-refractivity contribution is 5.65. The third-order valence-corrected chi connectivity index (χ3v) is 11.0. The van der Waals surface area contributed by atoms with Crippen LogP contribution in [0.25, 0.3) is 0 Å². The second kappa shape index (κ2) is 6.62. The van der Waals surface area contributed by atoms with Gasteiger partial charge in [0.2, 0.25) is 0 Å². The lowest BCUT2D eigenvalue weighted by Crippen LogP contribution is -2.59. The maximum Gasteiger partial charge on any atom is 0.407 e. The Kier molecular flexibility index (Phi) is 4.29. The fourth-order valence-corrected chi connectivity index (χ4v) is 9.25. The maximum atomic E-state index is 11.5. The molecule has 1 spiro atoms. The number of epoxide rings is 1. The van der Waals surface area contributed by atoms with Crippen LogP contribution >= 0.6 is 0 Å². The summed E-state index contributed by atoms with van der Waals surface area (Å²) in [6, 6.07) is 3.67. The van der Waals surface area contributed by atoms with Crippen LogP contribution in [0.1, 0.15) is 76.7 Å². The topological polar surface area (TPSA) is 83.3 Å². The van der Waals surface area contributed by atoms with Gasteiger partial charge in [-0.2, -0.15) is 0 Å². The minimum Gasteiger partial charge on any atom is -0.465 e. The van der Waals surface area contributed by atoms with Gasteiger partial charge in [-0.25, -0.2) is 9.59 Å². The molecular formula is C26H35NO5. The second-order valence-corrected chi connectivity index (χ2v) is 11.8. The number of hydrogen-bond donors (Lipinski definition) is 1. The third kappa shape index (κ3) is 2.50. The standard InChI is InChI=1S/C26H35NO5/c1-24-10-8-17(27(3)23(29)30)12-16(24)5-6-19-18(24)9-11-25(2)20(13-21-26(19,25)32-21)15-4-7-22(28)31-14-15/h4,7,14,16-21H,5-6,8-13H2,1-3H3,(H,29,30)/t16-,17+,18+,19-,20-,21-,24+,25-,26-/m1/s1. The molecule has 0 aromatic carbocycles. The number of amides is 1. The molecule has 1 aromatic heterocycles. The molecule has 0 unspecified atom stereocenters. The summed E-state index contributed by atoms with van der Waals surface area (Å²) < 4.78 is 11.9. The van der Waals surface area contributed by atoms with Crippen molar-refractivity contribution in [3.63, 3.8) is 0 Å². The molecule has 1 aromatic rings. The van der Waals surface area contributed by atoms with Crippen LogP contribution in [0.5, 0.6) is 0 Å². The number of fused-ring (bicyclic) bond motifs is 3. The molecular weight excluding hydrogens is 406 g/mol. The van der Waals surface area contributed by atoms with Gasteiger partial charge in [0.05, 0.1) is 12.4 Å². The molecule has 1 amide bonds. The lowest BCUT2D eigenvalue weighted by atomic mass is 9.44. The van der Waals surface area contributed by atoms with Gasteiger partial charge in [-0.1, -0.05) is 13.8 Å². The summed E-state index contributed by atoms with van der Waals surface area (Å²) in [5, 5.41) is 9.47. The van der Waals surface area contributed by atoms with E-state index in [1.807, 2.05) is 6.07 Å². The maximum absolute atomic E-state index is 11.5. The molecule has 6 nitrogen and oxygen atoms in total. The largest absolute Gasteiger partial charge is 0.465 e. The highest BCUT2D eigenvalue weighted by Gasteiger charge is 2.80. The summed E-state index contributed by atoms with van der Waals surface area (Å²) in [7, 11) is 1.74. The number of nitrogens with zero attached hydrogens (tertiary/aromatic N) is 1. The molecule has 5 aliphatic rings. The van der Waals surface area contributed by atoms with Gasteiger partial charge in [0.1, 0.15) is 5.60 Å². The van der Waals surface area contributed by atoms with Crippen LogP contribution in [0, 0.1) is 28.6 Å². The van der Waals surface area contributed by atoms with E-state index < -0.39 is 6.09 Å². The molecule has 5 fully saturated rings. The number of carboxylic acid groups (broad SMARTS) is 1. The molecule has 1 aliphatic heterocycles. The Balaban J connectivity index is 1.28. The molecule has 6 rings (SSSR count). The fraction of sp³-hybridized carbons (Fsp3) is 0.769. The second-order valence-electron chi connectivity index (χ2n) is 11.8. The van der Waals surface area contributed by atoms with Gasteiger partial charge in [0.15, 0.2) is 0 Å². The molecule has 9 atom stereocenters. The van der Waals surface area contributed by atoms with E-state index in [1.165, 1.54) is 19.3 Å². The predicted molar refractivity (Wildman–Crippen MR) is 119 cm³/mol. The zero-order valence-corrected chi connectivity index (χ0v) is 19.4. The molecule has 1 N–H and O–H groups in total. The van der Waals surface area contributed by atoms with Crippen molar-refractivity contribution in [3.8, 4) is 0 Å². The van der Waals surface area contributed by atoms with E-state index in [0.29, 0.717) is 29.8 Å². The highest BCUT2D eigenvalue weighted by Crippen LogP contribution is 2.78. The Morgan fingerprint density at radius 3 is 2.62 bits per heavy atom. The van der Waals surface area contributed by atoms with Crippen molar-refractivity contribution in [2.24, 2.45) is 28.6 Å². The van der Waals surface area contributed by atoms with Crippen LogP contribution in [0.3, 0.4) is 0 Å². The van der Waals surface area contributed by atoms with Gasteiger partial charge in [-0.15, -0.1) is 0 Å². The van der Waals surface area contributed by atoms with Crippen LogP contribution in [-0.4, -0.2) is 40.9 Å². The van der Waals surface area contributed by atoms with Gasteiger partial charge in [0, 0.05) is 24.6 Å². The van der Waals surface area contributed by atoms with Crippen molar-refractivity contribution < 1.29 is 19.1 Å². The van der Waals surface area contributed by atoms with E-state index >= 15 is 0 Å². The minimum atomic E-state index is -0.803. The lowest BCUT2D eigenvalue weighted by Gasteiger charge is -2.61. The summed E-state index contributed by atoms with van der Waals surface area (Å²) in [5.74, 6) is 2.23. The minimum absolute atomic E-state index is 0.0284. The van der Waals surface area contributed by atoms with Gasteiger partial charge in [0.25, 0.3) is 0 Å². The van der Waals surface area contributed by atoms with Crippen LogP contribution in [0.4, 0.5) is 4.79 Å². The first-order valence-electron chi connectivity index (χ1n) is 12.4. The first kappa shape index (κ1) is 20.8. The van der Waals surface area contributed by atoms with Gasteiger partial charge < -0.3 is 19.2 Å². The highest BCUT2D eigenvalue weighted by atomic mass is 16.6. The quantitative estimate of drug-likeness (QED) is 0.662. The number of hydrogen-bond acceptors (Lipinski definition) is 4. The van der Waals surface area contributed by atoms with Gasteiger partial charge >= 0.3 is 11.7 Å². The van der Waals surface area contributed by atoms with E-state index in [4.69, 9.17) is 9.15 Å². The van der Waals surface area contributed by atoms with E-state index in [9.17, 15) is 14.7 Å². The molecule has 4 aliphatic carbocycles. The zero-order chi connectivity index (χ0) is 22.5. The van der Waals surface area contributed by atoms with Crippen molar-refractivity contribution >= 4 is 6.09 Å². The van der Waals surface area contributed by atoms with Crippen LogP contribution in [0.15, 0.2) is 27.6 Å². The number of carbonyl (C=O) groups is 1. The predicted octanol–water partition coefficient (Wildman–Crippen LogP) is 4.88. The monoisotopic (exact) mass is 441 g/mol. The van der Waals surface area contributed by atoms with E-state index in [-0.39, 0.29) is 28.1 Å². The van der Waals surface area contributed by atoms with Crippen molar-refractivity contribution in [3.05, 3.63) is 34.4 Å². The third-order valence-electron chi connectivity index (χ3n) is 11.0. The van der Waals surface area contributed by atoms with E-state index in [0.717, 1.165) is 37.7 Å². The molecule has 6 heteroatoms. The summed E-state index contributed by atoms with van der Waals surface area (Å²) in [6.45, 7) is 4.93. The Hall–Kier alpha value is -1.82. The summed E-state index contributed by atoms with van der Waals surface area (Å²) in [5.41, 5.74) is 1.20. The van der Waals surface area contributed by atoms with Crippen molar-refractivity contribution in [2.75, 3.05) is 7.05 Å². The molecule has 1 saturated heterocycles. The van der Waals surface area contributed by atoms with Crippen LogP contribution < -0.4 is 5.63 Å². The average Bonchev–Trinajstić information content (AvgIpc) is 3.43. The molecule has 32 heavy (non-hydrogen) atoms. The Morgan fingerprint density at radius 2 is 1.91 bits per heavy atom. The molecule has 0 radical (unpaired) electrons. The van der Waals surface area contributed by atoms with Crippen molar-refractivity contribution in [1.29, 1.82) is 0 Å². The average molecular weight is 442 g/mol. The van der Waals surface area contributed by atoms with Gasteiger partial charge in [-0.05, 0) is 92.1 Å². The Morgan fingerprint density at radius 1 is 1.09 bits per heavy atom. The van der Waals surface area contributed by atoms with E-state index in [2.05, 4.69) is 13.8 Å². The summed E-state index contributed by atoms with van der Waals surface area (Å²) in [4.78, 5) is 24.6. The van der Waals surface area contributed by atoms with Crippen molar-refractivity contribution in [2.45, 2.75) is 88.9 Å². The Labute approximate surface area is 189 Å². The van der Waals surface area contributed by atoms with Crippen LogP contribution in [-0.2, 0) is 4.74 Å². The van der Waals surface area contributed by atoms with Crippen LogP contribution in [0.2, 0.25) is 0 Å². The molecule has 0 bridgehead atoms. The smallest absolute Gasteiger partial charge is 0.407 e. The Bertz CT molecular complexity index is 986. The van der Waals surface area contributed by atoms with E-state index in [1.54, 1.807) is 24.3 Å². The molecule has 4 saturated carbocycles. The summed E-state index contributed by atoms with van der Waals surface area (Å²) in [6.07, 6.45) is 10.1. The number of ether oxygens (including phenoxy) is 1. The molecule has 2 heterocycles. The SMILES string of the molecule is CN(C(=O)O)[C@H]1CC[C@@]2(C)[C@H](CC[C@@H]3[C@@H]2CC[C@]2(C)[C@@H](c4ccc(=O)oc4)C[C@H]4O[C@]342)C1. The lowest BCUT2D eigenvalue weighted by molar-refractivity contribution is -0.133. The zero-order valence-electron chi connectivity index (χ0n) is 19.4. The first-order chi connectivity index (χ1) is 15.2. The van der Waals surface area contributed by atoms with Gasteiger partial charge in [-0.3, -0.25) is 0 Å². The fourth-order valence-electron chi connectivity index (χ4n) is 9.25. The first-order valence-corrected chi connectivity index (χ1v) is 12.4. The van der Waals surface area contributed by atoms with Crippen molar-refractivity contribution in [1.82, 2.24) is 4.90 Å².